The van der Waals surface area contributed by atoms with Gasteiger partial charge in [-0.1, -0.05) is 77.1 Å². The van der Waals surface area contributed by atoms with Crippen molar-refractivity contribution in [3.05, 3.63) is 65.3 Å². The number of fused-ring (bicyclic) bond motifs is 7. The first-order chi connectivity index (χ1) is 24.0. The molecule has 7 rings (SSSR count). The summed E-state index contributed by atoms with van der Waals surface area (Å²) in [5, 5.41) is 13.5. The molecule has 5 aliphatic carbocycles. The van der Waals surface area contributed by atoms with Gasteiger partial charge in [0.05, 0.1) is 17.1 Å². The van der Waals surface area contributed by atoms with Crippen LogP contribution in [0.2, 0.25) is 0 Å². The maximum Gasteiger partial charge on any atom is 0.335 e. The molecule has 280 valence electrons. The molecule has 0 spiro atoms. The minimum absolute atomic E-state index is 0.0598. The molecule has 6 nitrogen and oxygen atoms in total. The summed E-state index contributed by atoms with van der Waals surface area (Å²) in [6.07, 6.45) is 18.3. The van der Waals surface area contributed by atoms with E-state index in [0.29, 0.717) is 59.7 Å². The second kappa shape index (κ2) is 13.0. The van der Waals surface area contributed by atoms with Gasteiger partial charge in [-0.2, -0.15) is 0 Å². The zero-order chi connectivity index (χ0) is 36.6. The van der Waals surface area contributed by atoms with E-state index in [0.717, 1.165) is 25.1 Å². The molecule has 4 saturated carbocycles. The van der Waals surface area contributed by atoms with Crippen LogP contribution in [0.3, 0.4) is 0 Å². The number of nitrogens with zero attached hydrogens (tertiary/aromatic N) is 1. The highest BCUT2D eigenvalue weighted by atomic mass is 32.2. The summed E-state index contributed by atoms with van der Waals surface area (Å²) in [5.41, 5.74) is 5.20. The molecule has 2 N–H and O–H groups in total. The van der Waals surface area contributed by atoms with Crippen molar-refractivity contribution in [3.63, 3.8) is 0 Å². The number of rotatable bonds is 8. The molecule has 5 fully saturated rings. The quantitative estimate of drug-likeness (QED) is 0.262. The van der Waals surface area contributed by atoms with Crippen molar-refractivity contribution in [1.82, 2.24) is 10.2 Å². The highest BCUT2D eigenvalue weighted by Gasteiger charge is 2.70. The van der Waals surface area contributed by atoms with Gasteiger partial charge in [-0.3, -0.25) is 0 Å². The second-order valence-corrected chi connectivity index (χ2v) is 21.4. The third kappa shape index (κ3) is 6.04. The molecule has 6 aliphatic rings. The van der Waals surface area contributed by atoms with E-state index in [1.54, 1.807) is 12.1 Å². The van der Waals surface area contributed by atoms with Crippen LogP contribution in [0.1, 0.15) is 115 Å². The van der Waals surface area contributed by atoms with Gasteiger partial charge in [0.15, 0.2) is 9.84 Å². The van der Waals surface area contributed by atoms with Gasteiger partial charge in [-0.05, 0) is 139 Å². The Labute approximate surface area is 308 Å². The summed E-state index contributed by atoms with van der Waals surface area (Å²) in [7, 11) is -2.86. The topological polar surface area (TPSA) is 86.7 Å². The van der Waals surface area contributed by atoms with Gasteiger partial charge in [0.1, 0.15) is 0 Å². The second-order valence-electron chi connectivity index (χ2n) is 19.1. The molecule has 1 aromatic rings. The fraction of sp³-hybridized carbons (Fsp3) is 0.705. The van der Waals surface area contributed by atoms with E-state index in [1.165, 1.54) is 62.5 Å². The van der Waals surface area contributed by atoms with E-state index in [9.17, 15) is 18.3 Å². The van der Waals surface area contributed by atoms with Crippen LogP contribution >= 0.6 is 0 Å². The van der Waals surface area contributed by atoms with Crippen molar-refractivity contribution in [2.24, 2.45) is 51.2 Å². The summed E-state index contributed by atoms with van der Waals surface area (Å²) < 4.78 is 24.1. The Balaban J connectivity index is 1.12. The third-order valence-corrected chi connectivity index (χ3v) is 18.3. The predicted molar refractivity (Wildman–Crippen MR) is 208 cm³/mol. The van der Waals surface area contributed by atoms with Gasteiger partial charge in [-0.25, -0.2) is 13.2 Å². The number of carboxylic acids is 1. The Morgan fingerprint density at radius 2 is 1.63 bits per heavy atom. The van der Waals surface area contributed by atoms with E-state index in [1.807, 2.05) is 12.1 Å². The number of benzene rings is 1. The zero-order valence-corrected chi connectivity index (χ0v) is 33.1. The van der Waals surface area contributed by atoms with Gasteiger partial charge in [-0.15, -0.1) is 0 Å². The van der Waals surface area contributed by atoms with E-state index in [-0.39, 0.29) is 27.2 Å². The number of allylic oxidation sites excluding steroid dienone is 4. The molecule has 0 radical (unpaired) electrons. The average Bonchev–Trinajstić information content (AvgIpc) is 3.45. The molecule has 0 aromatic heterocycles. The molecule has 0 unspecified atom stereocenters. The molecule has 7 heteroatoms. The van der Waals surface area contributed by atoms with Crippen molar-refractivity contribution in [2.45, 2.75) is 105 Å². The molecule has 1 aliphatic heterocycles. The highest BCUT2D eigenvalue weighted by Crippen LogP contribution is 2.76. The minimum Gasteiger partial charge on any atom is -0.478 e. The van der Waals surface area contributed by atoms with Crippen molar-refractivity contribution < 1.29 is 18.3 Å². The fourth-order valence-electron chi connectivity index (χ4n) is 13.7. The van der Waals surface area contributed by atoms with Gasteiger partial charge in [0, 0.05) is 31.7 Å². The number of sulfone groups is 1. The number of hydrogen-bond donors (Lipinski definition) is 2. The Bertz CT molecular complexity index is 1700. The average molecular weight is 717 g/mol. The fourth-order valence-corrected chi connectivity index (χ4v) is 15.0. The largest absolute Gasteiger partial charge is 0.478 e. The normalized spacial score (nSPS) is 41.5. The Kier molecular flexibility index (Phi) is 9.44. The van der Waals surface area contributed by atoms with Crippen molar-refractivity contribution in [1.29, 1.82) is 0 Å². The zero-order valence-electron chi connectivity index (χ0n) is 32.3. The lowest BCUT2D eigenvalue weighted by molar-refractivity contribution is -0.221. The maximum atomic E-state index is 12.0. The van der Waals surface area contributed by atoms with Crippen molar-refractivity contribution in [2.75, 3.05) is 37.7 Å². The number of aromatic carboxylic acids is 1. The van der Waals surface area contributed by atoms with Gasteiger partial charge in [0.2, 0.25) is 0 Å². The van der Waals surface area contributed by atoms with Crippen LogP contribution in [-0.4, -0.2) is 67.6 Å². The molecule has 0 amide bonds. The predicted octanol–water partition coefficient (Wildman–Crippen LogP) is 8.66. The number of carbonyl (C=O) groups is 1. The Morgan fingerprint density at radius 3 is 2.29 bits per heavy atom. The van der Waals surface area contributed by atoms with Gasteiger partial charge >= 0.3 is 5.97 Å². The monoisotopic (exact) mass is 716 g/mol. The molecular formula is C44H64N2O4S. The molecule has 1 saturated heterocycles. The lowest BCUT2D eigenvalue weighted by Crippen LogP contribution is -2.68. The summed E-state index contributed by atoms with van der Waals surface area (Å²) in [4.78, 5) is 13.7. The lowest BCUT2D eigenvalue weighted by Gasteiger charge is -2.72. The minimum atomic E-state index is -2.86. The summed E-state index contributed by atoms with van der Waals surface area (Å²) in [6.45, 7) is 23.1. The third-order valence-electron chi connectivity index (χ3n) is 16.7. The number of nitrogens with one attached hydrogen (secondary N) is 1. The molecule has 1 heterocycles. The number of hydrogen-bond acceptors (Lipinski definition) is 5. The SMILES string of the molecule is C=C(C)[C@@H]1CC[C@]2(NCCN3CCS(=O)(=O)CC3)CC[C@]3(C)[C@H](CC[C@@H]4[C@@]5(C)CC=C(C=Cc6ccc(C(=O)O)cc6)C(C)(C)[C@@H]5CC[C@]43C)[C@@H]12. The highest BCUT2D eigenvalue weighted by molar-refractivity contribution is 7.91. The van der Waals surface area contributed by atoms with Gasteiger partial charge in [0.25, 0.3) is 0 Å². The first-order valence-corrected chi connectivity index (χ1v) is 21.8. The van der Waals surface area contributed by atoms with Crippen LogP contribution in [0.5, 0.6) is 0 Å². The smallest absolute Gasteiger partial charge is 0.335 e. The van der Waals surface area contributed by atoms with Crippen molar-refractivity contribution >= 4 is 21.9 Å². The van der Waals surface area contributed by atoms with Crippen LogP contribution in [0, 0.1) is 51.2 Å². The van der Waals surface area contributed by atoms with Crippen LogP contribution in [0.15, 0.2) is 54.1 Å². The maximum absolute atomic E-state index is 12.0. The molecule has 0 bridgehead atoms. The van der Waals surface area contributed by atoms with Crippen molar-refractivity contribution in [3.8, 4) is 0 Å². The summed E-state index contributed by atoms with van der Waals surface area (Å²) >= 11 is 0. The van der Waals surface area contributed by atoms with E-state index < -0.39 is 15.8 Å². The van der Waals surface area contributed by atoms with E-state index in [2.05, 4.69) is 76.6 Å². The van der Waals surface area contributed by atoms with Crippen LogP contribution in [0.4, 0.5) is 0 Å². The van der Waals surface area contributed by atoms with Crippen LogP contribution in [0.25, 0.3) is 6.08 Å². The van der Waals surface area contributed by atoms with E-state index in [4.69, 9.17) is 0 Å². The summed E-state index contributed by atoms with van der Waals surface area (Å²) in [5.74, 6) is 2.89. The molecule has 51 heavy (non-hydrogen) atoms. The standard InChI is InChI=1S/C44H64N2O4S/c1-30(2)34-17-21-44(45-24-25-46-26-28-51(49,50)29-27-46)23-22-42(6)35(38(34)44)14-15-37-41(5)19-16-33(40(3,4)36(41)18-20-43(37,42)7)13-10-31-8-11-32(12-9-31)39(47)48/h8-13,16,34-38,45H,1,14-15,17-29H2,2-7H3,(H,47,48)/t34-,35+,36-,37+,38+,41-,42+,43+,44-/m0/s1. The Morgan fingerprint density at radius 1 is 0.922 bits per heavy atom. The molecule has 1 aromatic carbocycles. The Hall–Kier alpha value is -2.22. The molecular weight excluding hydrogens is 653 g/mol. The van der Waals surface area contributed by atoms with Gasteiger partial charge < -0.3 is 15.3 Å². The summed E-state index contributed by atoms with van der Waals surface area (Å²) in [6, 6.07) is 7.21. The van der Waals surface area contributed by atoms with E-state index >= 15 is 0 Å². The van der Waals surface area contributed by atoms with Crippen LogP contribution < -0.4 is 5.32 Å². The first-order valence-electron chi connectivity index (χ1n) is 20.0. The van der Waals surface area contributed by atoms with Crippen LogP contribution in [-0.2, 0) is 9.84 Å². The first kappa shape index (κ1) is 37.1. The lowest BCUT2D eigenvalue weighted by atomic mass is 9.33. The molecule has 9 atom stereocenters. The number of carboxylic acid groups (broad SMARTS) is 1.